The first-order valence-corrected chi connectivity index (χ1v) is 9.60. The number of carbonyl (C=O) groups excluding carboxylic acids is 2. The molecule has 154 valence electrons. The fourth-order valence-corrected chi connectivity index (χ4v) is 3.86. The van der Waals surface area contributed by atoms with Crippen molar-refractivity contribution in [3.8, 4) is 0 Å². The van der Waals surface area contributed by atoms with Gasteiger partial charge in [-0.2, -0.15) is 13.2 Å². The van der Waals surface area contributed by atoms with E-state index in [2.05, 4.69) is 4.98 Å². The maximum absolute atomic E-state index is 12.9. The fraction of sp³-hybridized carbons (Fsp3) is 0.450. The quantitative estimate of drug-likeness (QED) is 0.787. The van der Waals surface area contributed by atoms with E-state index in [-0.39, 0.29) is 17.4 Å². The number of rotatable bonds is 3. The first kappa shape index (κ1) is 19.5. The van der Waals surface area contributed by atoms with E-state index in [1.54, 1.807) is 16.1 Å². The first-order valence-electron chi connectivity index (χ1n) is 9.60. The topological polar surface area (TPSA) is 58.4 Å². The molecule has 1 saturated heterocycles. The number of aromatic nitrogens is 2. The number of alkyl halides is 3. The van der Waals surface area contributed by atoms with Crippen LogP contribution in [0.25, 0.3) is 0 Å². The molecule has 29 heavy (non-hydrogen) atoms. The van der Waals surface area contributed by atoms with Crippen molar-refractivity contribution in [1.82, 2.24) is 19.4 Å². The predicted octanol–water partition coefficient (Wildman–Crippen LogP) is 3.07. The third-order valence-corrected chi connectivity index (χ3v) is 5.46. The zero-order valence-corrected chi connectivity index (χ0v) is 15.8. The minimum Gasteiger partial charge on any atom is -0.337 e. The van der Waals surface area contributed by atoms with E-state index in [9.17, 15) is 22.8 Å². The van der Waals surface area contributed by atoms with Crippen LogP contribution in [-0.4, -0.2) is 44.3 Å². The number of nitrogens with zero attached hydrogens (tertiary/aromatic N) is 4. The zero-order valence-electron chi connectivity index (χ0n) is 15.8. The summed E-state index contributed by atoms with van der Waals surface area (Å²) in [6.45, 7) is 2.65. The molecule has 0 atom stereocenters. The van der Waals surface area contributed by atoms with Crippen LogP contribution in [0, 0.1) is 0 Å². The molecule has 2 amide bonds. The van der Waals surface area contributed by atoms with Gasteiger partial charge in [-0.25, -0.2) is 4.98 Å². The molecule has 0 spiro atoms. The average Bonchev–Trinajstić information content (AvgIpc) is 3.19. The Bertz CT molecular complexity index is 921. The molecule has 1 aromatic carbocycles. The number of aryl methyl sites for hydroxylation is 1. The van der Waals surface area contributed by atoms with Crippen molar-refractivity contribution in [2.24, 2.45) is 0 Å². The summed E-state index contributed by atoms with van der Waals surface area (Å²) in [7, 11) is 0. The van der Waals surface area contributed by atoms with Crippen LogP contribution in [0.4, 0.5) is 13.2 Å². The van der Waals surface area contributed by atoms with E-state index >= 15 is 0 Å². The number of hydrogen-bond donors (Lipinski definition) is 0. The molecule has 0 N–H and O–H groups in total. The molecule has 2 aliphatic rings. The van der Waals surface area contributed by atoms with Gasteiger partial charge >= 0.3 is 6.18 Å². The highest BCUT2D eigenvalue weighted by molar-refractivity contribution is 5.94. The summed E-state index contributed by atoms with van der Waals surface area (Å²) in [5.41, 5.74) is 1.10. The van der Waals surface area contributed by atoms with Crippen molar-refractivity contribution < 1.29 is 22.8 Å². The number of carbonyl (C=O) groups is 2. The second kappa shape index (κ2) is 7.53. The third kappa shape index (κ3) is 3.99. The molecule has 4 rings (SSSR count). The molecule has 0 bridgehead atoms. The molecule has 9 heteroatoms. The van der Waals surface area contributed by atoms with E-state index < -0.39 is 11.7 Å². The monoisotopic (exact) mass is 406 g/mol. The fourth-order valence-electron chi connectivity index (χ4n) is 3.86. The number of benzene rings is 1. The van der Waals surface area contributed by atoms with E-state index in [1.165, 1.54) is 12.1 Å². The summed E-state index contributed by atoms with van der Waals surface area (Å²) < 4.78 is 40.3. The summed E-state index contributed by atoms with van der Waals surface area (Å²) in [5, 5.41) is 0. The van der Waals surface area contributed by atoms with Gasteiger partial charge in [0.1, 0.15) is 0 Å². The molecule has 1 aromatic heterocycles. The van der Waals surface area contributed by atoms with Gasteiger partial charge in [0.05, 0.1) is 36.4 Å². The van der Waals surface area contributed by atoms with Crippen molar-refractivity contribution in [2.75, 3.05) is 13.1 Å². The molecule has 0 unspecified atom stereocenters. The lowest BCUT2D eigenvalue weighted by Crippen LogP contribution is -2.31. The molecular formula is C20H21F3N4O2. The molecule has 0 radical (unpaired) electrons. The number of imidazole rings is 1. The molecule has 6 nitrogen and oxygen atoms in total. The summed E-state index contributed by atoms with van der Waals surface area (Å²) in [6.07, 6.45) is -0.588. The number of amides is 2. The van der Waals surface area contributed by atoms with Gasteiger partial charge in [-0.15, -0.1) is 0 Å². The Morgan fingerprint density at radius 2 is 1.83 bits per heavy atom. The smallest absolute Gasteiger partial charge is 0.337 e. The molecule has 0 saturated carbocycles. The van der Waals surface area contributed by atoms with Crippen LogP contribution < -0.4 is 0 Å². The highest BCUT2D eigenvalue weighted by Crippen LogP contribution is 2.29. The molecule has 3 heterocycles. The predicted molar refractivity (Wildman–Crippen MR) is 97.7 cm³/mol. The lowest BCUT2D eigenvalue weighted by atomic mass is 10.1. The minimum atomic E-state index is -4.43. The van der Waals surface area contributed by atoms with Gasteiger partial charge in [0, 0.05) is 31.6 Å². The van der Waals surface area contributed by atoms with E-state index in [1.807, 2.05) is 4.57 Å². The first-order chi connectivity index (χ1) is 13.8. The molecule has 1 fully saturated rings. The van der Waals surface area contributed by atoms with Gasteiger partial charge in [0.2, 0.25) is 5.91 Å². The van der Waals surface area contributed by atoms with Crippen molar-refractivity contribution in [2.45, 2.75) is 45.1 Å². The van der Waals surface area contributed by atoms with Crippen LogP contribution in [0.2, 0.25) is 0 Å². The van der Waals surface area contributed by atoms with Crippen molar-refractivity contribution in [1.29, 1.82) is 0 Å². The van der Waals surface area contributed by atoms with Crippen LogP contribution in [0.15, 0.2) is 30.6 Å². The maximum Gasteiger partial charge on any atom is 0.416 e. The van der Waals surface area contributed by atoms with Gasteiger partial charge in [-0.3, -0.25) is 9.59 Å². The van der Waals surface area contributed by atoms with Crippen LogP contribution >= 0.6 is 0 Å². The SMILES string of the molecule is O=C1CCCN1Cc1ncn2c1CN(C(=O)c1ccc(C(F)(F)F)cc1)CCC2. The third-order valence-electron chi connectivity index (χ3n) is 5.46. The number of fused-ring (bicyclic) bond motifs is 1. The highest BCUT2D eigenvalue weighted by Gasteiger charge is 2.31. The van der Waals surface area contributed by atoms with Gasteiger partial charge in [-0.1, -0.05) is 0 Å². The van der Waals surface area contributed by atoms with Crippen LogP contribution in [0.3, 0.4) is 0 Å². The summed E-state index contributed by atoms with van der Waals surface area (Å²) in [6, 6.07) is 4.30. The summed E-state index contributed by atoms with van der Waals surface area (Å²) >= 11 is 0. The lowest BCUT2D eigenvalue weighted by molar-refractivity contribution is -0.137. The van der Waals surface area contributed by atoms with Gasteiger partial charge < -0.3 is 14.4 Å². The van der Waals surface area contributed by atoms with Gasteiger partial charge in [0.25, 0.3) is 5.91 Å². The van der Waals surface area contributed by atoms with E-state index in [0.717, 1.165) is 36.4 Å². The zero-order chi connectivity index (χ0) is 20.6. The summed E-state index contributed by atoms with van der Waals surface area (Å²) in [4.78, 5) is 32.7. The van der Waals surface area contributed by atoms with Crippen molar-refractivity contribution in [3.63, 3.8) is 0 Å². The Balaban J connectivity index is 1.53. The number of hydrogen-bond acceptors (Lipinski definition) is 3. The van der Waals surface area contributed by atoms with Crippen molar-refractivity contribution in [3.05, 3.63) is 53.1 Å². The minimum absolute atomic E-state index is 0.109. The largest absolute Gasteiger partial charge is 0.416 e. The normalized spacial score (nSPS) is 17.4. The Morgan fingerprint density at radius 1 is 1.07 bits per heavy atom. The Morgan fingerprint density at radius 3 is 2.48 bits per heavy atom. The molecular weight excluding hydrogens is 385 g/mol. The van der Waals surface area contributed by atoms with Crippen LogP contribution in [0.5, 0.6) is 0 Å². The second-order valence-corrected chi connectivity index (χ2v) is 7.41. The van der Waals surface area contributed by atoms with E-state index in [0.29, 0.717) is 39.1 Å². The number of likely N-dealkylation sites (tertiary alicyclic amines) is 1. The van der Waals surface area contributed by atoms with Crippen molar-refractivity contribution >= 4 is 11.8 Å². The highest BCUT2D eigenvalue weighted by atomic mass is 19.4. The van der Waals surface area contributed by atoms with Gasteiger partial charge in [-0.05, 0) is 37.1 Å². The molecule has 2 aliphatic heterocycles. The molecule has 2 aromatic rings. The van der Waals surface area contributed by atoms with Crippen LogP contribution in [0.1, 0.15) is 46.6 Å². The Kier molecular flexibility index (Phi) is 5.06. The summed E-state index contributed by atoms with van der Waals surface area (Å²) in [5.74, 6) is -0.199. The Hall–Kier alpha value is -2.84. The van der Waals surface area contributed by atoms with Gasteiger partial charge in [0.15, 0.2) is 0 Å². The number of halogens is 3. The maximum atomic E-state index is 12.9. The average molecular weight is 406 g/mol. The van der Waals surface area contributed by atoms with E-state index in [4.69, 9.17) is 0 Å². The lowest BCUT2D eigenvalue weighted by Gasteiger charge is -2.22. The Labute approximate surface area is 165 Å². The molecule has 0 aliphatic carbocycles. The van der Waals surface area contributed by atoms with Crippen LogP contribution in [-0.2, 0) is 30.6 Å². The second-order valence-electron chi connectivity index (χ2n) is 7.41. The standard InChI is InChI=1S/C20H21F3N4O2/c21-20(22,23)15-6-4-14(5-7-15)19(29)26-9-2-10-27-13-24-16(17(27)12-26)11-25-8-1-3-18(25)28/h4-7,13H,1-3,8-12H2.